The van der Waals surface area contributed by atoms with Crippen molar-refractivity contribution in [3.63, 3.8) is 0 Å². The molecular weight excluding hydrogens is 291 g/mol. The monoisotopic (exact) mass is 300 g/mol. The molecule has 0 aliphatic heterocycles. The third kappa shape index (κ3) is 2.72. The number of hydrogen-bond donors (Lipinski definition) is 0. The molecule has 1 aromatic carbocycles. The molecule has 5 heteroatoms. The number of pyridine rings is 1. The Bertz CT molecular complexity index is 567. The lowest BCUT2D eigenvalue weighted by Crippen LogP contribution is -2.11. The standard InChI is InChI=1S/C13H11Cl3N2/c1-8-3-5-9(6-4-8)18(2)13-11(15)7-10(14)12(16)17-13/h3-7H,1-2H3. The molecule has 0 N–H and O–H groups in total. The zero-order valence-electron chi connectivity index (χ0n) is 9.92. The molecule has 1 aromatic heterocycles. The Hall–Kier alpha value is -0.960. The van der Waals surface area contributed by atoms with Crippen molar-refractivity contribution in [3.05, 3.63) is 51.1 Å². The summed E-state index contributed by atoms with van der Waals surface area (Å²) in [7, 11) is 1.88. The Labute approximate surface area is 121 Å². The van der Waals surface area contributed by atoms with E-state index in [9.17, 15) is 0 Å². The fourth-order valence-electron chi connectivity index (χ4n) is 1.56. The van der Waals surface area contributed by atoms with Gasteiger partial charge in [0.05, 0.1) is 10.0 Å². The minimum atomic E-state index is 0.245. The van der Waals surface area contributed by atoms with Crippen LogP contribution in [0, 0.1) is 6.92 Å². The first kappa shape index (κ1) is 13.5. The highest BCUT2D eigenvalue weighted by molar-refractivity contribution is 6.43. The second kappa shape index (κ2) is 5.35. The summed E-state index contributed by atoms with van der Waals surface area (Å²) in [5, 5.41) is 1.06. The summed E-state index contributed by atoms with van der Waals surface area (Å²) in [6, 6.07) is 9.64. The van der Waals surface area contributed by atoms with Crippen LogP contribution >= 0.6 is 34.8 Å². The second-order valence-corrected chi connectivity index (χ2v) is 5.13. The van der Waals surface area contributed by atoms with Crippen LogP contribution in [0.5, 0.6) is 0 Å². The smallest absolute Gasteiger partial charge is 0.153 e. The van der Waals surface area contributed by atoms with Crippen molar-refractivity contribution < 1.29 is 0 Å². The van der Waals surface area contributed by atoms with Crippen LogP contribution in [0.4, 0.5) is 11.5 Å². The Morgan fingerprint density at radius 1 is 1.00 bits per heavy atom. The molecule has 0 fully saturated rings. The van der Waals surface area contributed by atoms with Crippen molar-refractivity contribution in [2.75, 3.05) is 11.9 Å². The highest BCUT2D eigenvalue weighted by atomic mass is 35.5. The first-order valence-corrected chi connectivity index (χ1v) is 6.44. The van der Waals surface area contributed by atoms with E-state index in [0.29, 0.717) is 15.9 Å². The maximum absolute atomic E-state index is 6.13. The maximum atomic E-state index is 6.13. The summed E-state index contributed by atoms with van der Waals surface area (Å²) in [6.45, 7) is 2.04. The maximum Gasteiger partial charge on any atom is 0.153 e. The molecule has 0 aliphatic rings. The van der Waals surface area contributed by atoms with Crippen molar-refractivity contribution in [1.29, 1.82) is 0 Å². The molecule has 2 rings (SSSR count). The van der Waals surface area contributed by atoms with E-state index in [2.05, 4.69) is 4.98 Å². The average molecular weight is 302 g/mol. The summed E-state index contributed by atoms with van der Waals surface area (Å²) in [6.07, 6.45) is 0. The van der Waals surface area contributed by atoms with Crippen LogP contribution in [0.3, 0.4) is 0 Å². The van der Waals surface area contributed by atoms with Crippen LogP contribution in [0.15, 0.2) is 30.3 Å². The van der Waals surface area contributed by atoms with Gasteiger partial charge in [-0.05, 0) is 25.1 Å². The van der Waals surface area contributed by atoms with E-state index < -0.39 is 0 Å². The number of anilines is 2. The molecule has 0 aliphatic carbocycles. The van der Waals surface area contributed by atoms with Crippen LogP contribution in [-0.4, -0.2) is 12.0 Å². The van der Waals surface area contributed by atoms with Gasteiger partial charge in [0, 0.05) is 12.7 Å². The molecule has 0 radical (unpaired) electrons. The van der Waals surface area contributed by atoms with Gasteiger partial charge in [0.1, 0.15) is 5.15 Å². The van der Waals surface area contributed by atoms with Crippen molar-refractivity contribution >= 4 is 46.3 Å². The number of halogens is 3. The van der Waals surface area contributed by atoms with Crippen LogP contribution in [-0.2, 0) is 0 Å². The molecule has 0 amide bonds. The SMILES string of the molecule is Cc1ccc(N(C)c2nc(Cl)c(Cl)cc2Cl)cc1. The van der Waals surface area contributed by atoms with Crippen LogP contribution in [0.1, 0.15) is 5.56 Å². The third-order valence-corrected chi connectivity index (χ3v) is 3.56. The Kier molecular flexibility index (Phi) is 4.00. The van der Waals surface area contributed by atoms with Gasteiger partial charge in [0.15, 0.2) is 5.82 Å². The quantitative estimate of drug-likeness (QED) is 0.716. The largest absolute Gasteiger partial charge is 0.328 e. The molecule has 0 unspecified atom stereocenters. The Morgan fingerprint density at radius 2 is 1.61 bits per heavy atom. The van der Waals surface area contributed by atoms with Gasteiger partial charge in [0.25, 0.3) is 0 Å². The number of aryl methyl sites for hydroxylation is 1. The molecule has 0 saturated carbocycles. The summed E-state index contributed by atoms with van der Waals surface area (Å²) in [5.41, 5.74) is 2.17. The first-order chi connectivity index (χ1) is 8.49. The predicted octanol–water partition coefficient (Wildman–Crippen LogP) is 5.12. The minimum Gasteiger partial charge on any atom is -0.328 e. The van der Waals surface area contributed by atoms with E-state index >= 15 is 0 Å². The lowest BCUT2D eigenvalue weighted by molar-refractivity contribution is 1.13. The van der Waals surface area contributed by atoms with E-state index in [1.807, 2.05) is 43.1 Å². The number of hydrogen-bond acceptors (Lipinski definition) is 2. The number of aromatic nitrogens is 1. The summed E-state index contributed by atoms with van der Waals surface area (Å²) in [5.74, 6) is 0.579. The molecule has 94 valence electrons. The van der Waals surface area contributed by atoms with E-state index in [1.54, 1.807) is 6.07 Å². The lowest BCUT2D eigenvalue weighted by Gasteiger charge is -2.20. The Balaban J connectivity index is 2.42. The minimum absolute atomic E-state index is 0.245. The van der Waals surface area contributed by atoms with Gasteiger partial charge in [0.2, 0.25) is 0 Å². The topological polar surface area (TPSA) is 16.1 Å². The lowest BCUT2D eigenvalue weighted by atomic mass is 10.2. The number of rotatable bonds is 2. The van der Waals surface area contributed by atoms with E-state index in [1.165, 1.54) is 5.56 Å². The normalized spacial score (nSPS) is 10.5. The number of nitrogens with zero attached hydrogens (tertiary/aromatic N) is 2. The highest BCUT2D eigenvalue weighted by Crippen LogP contribution is 2.33. The molecule has 18 heavy (non-hydrogen) atoms. The summed E-state index contributed by atoms with van der Waals surface area (Å²) in [4.78, 5) is 6.06. The molecule has 2 aromatic rings. The zero-order chi connectivity index (χ0) is 13.3. The van der Waals surface area contributed by atoms with E-state index in [4.69, 9.17) is 34.8 Å². The van der Waals surface area contributed by atoms with Gasteiger partial charge >= 0.3 is 0 Å². The first-order valence-electron chi connectivity index (χ1n) is 5.31. The molecule has 1 heterocycles. The molecular formula is C13H11Cl3N2. The average Bonchev–Trinajstić information content (AvgIpc) is 2.34. The van der Waals surface area contributed by atoms with Gasteiger partial charge in [-0.1, -0.05) is 52.5 Å². The fraction of sp³-hybridized carbons (Fsp3) is 0.154. The number of benzene rings is 1. The van der Waals surface area contributed by atoms with Gasteiger partial charge in [-0.3, -0.25) is 0 Å². The third-order valence-electron chi connectivity index (χ3n) is 2.61. The van der Waals surface area contributed by atoms with Crippen molar-refractivity contribution in [2.24, 2.45) is 0 Å². The van der Waals surface area contributed by atoms with Gasteiger partial charge in [-0.2, -0.15) is 0 Å². The zero-order valence-corrected chi connectivity index (χ0v) is 12.2. The molecule has 0 spiro atoms. The second-order valence-electron chi connectivity index (χ2n) is 3.96. The van der Waals surface area contributed by atoms with Gasteiger partial charge < -0.3 is 4.90 Å². The van der Waals surface area contributed by atoms with E-state index in [0.717, 1.165) is 5.69 Å². The molecule has 2 nitrogen and oxygen atoms in total. The molecule has 0 atom stereocenters. The molecule has 0 bridgehead atoms. The van der Waals surface area contributed by atoms with E-state index in [-0.39, 0.29) is 5.15 Å². The van der Waals surface area contributed by atoms with Crippen LogP contribution in [0.2, 0.25) is 15.2 Å². The van der Waals surface area contributed by atoms with Crippen LogP contribution in [0.25, 0.3) is 0 Å². The molecule has 0 saturated heterocycles. The van der Waals surface area contributed by atoms with Crippen LogP contribution < -0.4 is 4.90 Å². The fourth-order valence-corrected chi connectivity index (χ4v) is 2.18. The predicted molar refractivity (Wildman–Crippen MR) is 78.5 cm³/mol. The van der Waals surface area contributed by atoms with Crippen molar-refractivity contribution in [2.45, 2.75) is 6.92 Å². The Morgan fingerprint density at radius 3 is 2.22 bits per heavy atom. The summed E-state index contributed by atoms with van der Waals surface area (Å²) >= 11 is 17.9. The highest BCUT2D eigenvalue weighted by Gasteiger charge is 2.13. The van der Waals surface area contributed by atoms with Gasteiger partial charge in [-0.15, -0.1) is 0 Å². The van der Waals surface area contributed by atoms with Gasteiger partial charge in [-0.25, -0.2) is 4.98 Å². The van der Waals surface area contributed by atoms with Crippen molar-refractivity contribution in [3.8, 4) is 0 Å². The van der Waals surface area contributed by atoms with Crippen molar-refractivity contribution in [1.82, 2.24) is 4.98 Å². The summed E-state index contributed by atoms with van der Waals surface area (Å²) < 4.78 is 0.